The molecule has 204 valence electrons. The molecule has 1 spiro atoms. The zero-order valence-electron chi connectivity index (χ0n) is 22.5. The minimum absolute atomic E-state index is 0.0270. The van der Waals surface area contributed by atoms with E-state index in [0.717, 1.165) is 32.2 Å². The molecule has 4 fully saturated rings. The van der Waals surface area contributed by atoms with Crippen molar-refractivity contribution in [2.24, 2.45) is 5.92 Å². The van der Waals surface area contributed by atoms with E-state index in [9.17, 15) is 19.8 Å². The Balaban J connectivity index is 1.29. The van der Waals surface area contributed by atoms with Gasteiger partial charge in [-0.15, -0.1) is 0 Å². The second-order valence-corrected chi connectivity index (χ2v) is 12.1. The number of hydrogen-bond acceptors (Lipinski definition) is 5. The summed E-state index contributed by atoms with van der Waals surface area (Å²) in [4.78, 5) is 34.7. The van der Waals surface area contributed by atoms with Crippen molar-refractivity contribution in [1.29, 1.82) is 0 Å². The number of urea groups is 1. The summed E-state index contributed by atoms with van der Waals surface area (Å²) in [6.45, 7) is 2.55. The summed E-state index contributed by atoms with van der Waals surface area (Å²) in [5.74, 6) is 0.544. The van der Waals surface area contributed by atoms with Gasteiger partial charge >= 0.3 is 6.03 Å². The molecule has 8 heteroatoms. The Bertz CT molecular complexity index is 958. The SMILES string of the molecule is CN(C)C1(c2ccccc2)CCC2(CC1)CN(CCC(=O)N1CCC(O)C(O)C1)C(=O)N2CC1CCC1. The van der Waals surface area contributed by atoms with Crippen molar-refractivity contribution in [3.05, 3.63) is 35.9 Å². The largest absolute Gasteiger partial charge is 0.390 e. The first kappa shape index (κ1) is 26.4. The Hall–Kier alpha value is -2.16. The van der Waals surface area contributed by atoms with Gasteiger partial charge in [-0.05, 0) is 70.5 Å². The first-order valence-electron chi connectivity index (χ1n) is 14.2. The van der Waals surface area contributed by atoms with Crippen LogP contribution in [-0.2, 0) is 10.3 Å². The van der Waals surface area contributed by atoms with Crippen LogP contribution in [0.15, 0.2) is 30.3 Å². The van der Waals surface area contributed by atoms with Crippen LogP contribution in [0.2, 0.25) is 0 Å². The van der Waals surface area contributed by atoms with Gasteiger partial charge < -0.3 is 24.9 Å². The normalized spacial score (nSPS) is 32.9. The van der Waals surface area contributed by atoms with Gasteiger partial charge in [0.25, 0.3) is 0 Å². The fourth-order valence-corrected chi connectivity index (χ4v) is 7.10. The summed E-state index contributed by atoms with van der Waals surface area (Å²) in [6.07, 6.45) is 6.57. The number of piperidine rings is 1. The van der Waals surface area contributed by atoms with Gasteiger partial charge in [0.2, 0.25) is 5.91 Å². The molecule has 2 aliphatic carbocycles. The number of nitrogens with zero attached hydrogens (tertiary/aromatic N) is 4. The van der Waals surface area contributed by atoms with Crippen LogP contribution in [0.4, 0.5) is 4.79 Å². The number of β-amino-alcohol motifs (C(OH)–C–C–N with tert-alkyl or cyclic N) is 1. The molecule has 0 bridgehead atoms. The highest BCUT2D eigenvalue weighted by atomic mass is 16.3. The van der Waals surface area contributed by atoms with Crippen LogP contribution in [0.25, 0.3) is 0 Å². The molecule has 2 saturated heterocycles. The maximum absolute atomic E-state index is 13.7. The minimum Gasteiger partial charge on any atom is -0.390 e. The number of aliphatic hydroxyl groups is 2. The number of amides is 3. The minimum atomic E-state index is -0.892. The van der Waals surface area contributed by atoms with Crippen molar-refractivity contribution in [3.63, 3.8) is 0 Å². The van der Waals surface area contributed by atoms with E-state index in [1.54, 1.807) is 4.90 Å². The van der Waals surface area contributed by atoms with Crippen molar-refractivity contribution < 1.29 is 19.8 Å². The van der Waals surface area contributed by atoms with E-state index in [2.05, 4.69) is 54.2 Å². The Morgan fingerprint density at radius 2 is 1.73 bits per heavy atom. The molecule has 2 heterocycles. The smallest absolute Gasteiger partial charge is 0.320 e. The second-order valence-electron chi connectivity index (χ2n) is 12.1. The highest BCUT2D eigenvalue weighted by Crippen LogP contribution is 2.49. The lowest BCUT2D eigenvalue weighted by Gasteiger charge is -2.51. The summed E-state index contributed by atoms with van der Waals surface area (Å²) in [5.41, 5.74) is 1.15. The molecule has 5 rings (SSSR count). The lowest BCUT2D eigenvalue weighted by molar-refractivity contribution is -0.137. The molecule has 2 atom stereocenters. The van der Waals surface area contributed by atoms with Gasteiger partial charge in [-0.1, -0.05) is 36.8 Å². The predicted octanol–water partition coefficient (Wildman–Crippen LogP) is 2.64. The zero-order chi connectivity index (χ0) is 26.2. The highest BCUT2D eigenvalue weighted by molar-refractivity contribution is 5.80. The Labute approximate surface area is 221 Å². The van der Waals surface area contributed by atoms with E-state index in [1.807, 2.05) is 4.90 Å². The molecular formula is C29H44N4O4. The number of rotatable bonds is 7. The first-order valence-corrected chi connectivity index (χ1v) is 14.2. The molecule has 1 aromatic rings. The monoisotopic (exact) mass is 512 g/mol. The molecule has 1 aromatic carbocycles. The molecule has 0 aromatic heterocycles. The van der Waals surface area contributed by atoms with Gasteiger partial charge in [0.15, 0.2) is 0 Å². The fraction of sp³-hybridized carbons (Fsp3) is 0.724. The van der Waals surface area contributed by atoms with E-state index < -0.39 is 12.2 Å². The van der Waals surface area contributed by atoms with E-state index >= 15 is 0 Å². The van der Waals surface area contributed by atoms with Crippen LogP contribution in [0.3, 0.4) is 0 Å². The van der Waals surface area contributed by atoms with Crippen LogP contribution < -0.4 is 0 Å². The topological polar surface area (TPSA) is 87.6 Å². The van der Waals surface area contributed by atoms with Crippen LogP contribution in [0, 0.1) is 5.92 Å². The standard InChI is InChI=1S/C29H44N4O4/c1-30(2)29(23-9-4-3-5-10-23)15-13-28(14-16-29)21-32(27(37)33(28)19-22-7-6-8-22)18-12-26(36)31-17-11-24(34)25(35)20-31/h3-5,9-10,22,24-25,34-35H,6-8,11-21H2,1-2H3. The Kier molecular flexibility index (Phi) is 7.53. The zero-order valence-corrected chi connectivity index (χ0v) is 22.5. The van der Waals surface area contributed by atoms with Crippen molar-refractivity contribution >= 4 is 11.9 Å². The highest BCUT2D eigenvalue weighted by Gasteiger charge is 2.54. The van der Waals surface area contributed by atoms with Gasteiger partial charge in [-0.3, -0.25) is 9.69 Å². The summed E-state index contributed by atoms with van der Waals surface area (Å²) >= 11 is 0. The van der Waals surface area contributed by atoms with Crippen molar-refractivity contribution in [2.45, 2.75) is 81.1 Å². The predicted molar refractivity (Wildman–Crippen MR) is 142 cm³/mol. The summed E-state index contributed by atoms with van der Waals surface area (Å²) in [6, 6.07) is 10.9. The molecule has 2 aliphatic heterocycles. The van der Waals surface area contributed by atoms with E-state index in [0.29, 0.717) is 32.0 Å². The molecule has 3 amide bonds. The number of aliphatic hydroxyl groups excluding tert-OH is 2. The average Bonchev–Trinajstić information content (AvgIpc) is 3.12. The molecule has 37 heavy (non-hydrogen) atoms. The lowest BCUT2D eigenvalue weighted by atomic mass is 9.68. The van der Waals surface area contributed by atoms with Gasteiger partial charge in [0, 0.05) is 44.7 Å². The summed E-state index contributed by atoms with van der Waals surface area (Å²) in [5, 5.41) is 19.8. The van der Waals surface area contributed by atoms with E-state index in [4.69, 9.17) is 0 Å². The Morgan fingerprint density at radius 3 is 2.32 bits per heavy atom. The first-order chi connectivity index (χ1) is 17.7. The van der Waals surface area contributed by atoms with Gasteiger partial charge in [0.05, 0.1) is 17.7 Å². The molecule has 2 unspecified atom stereocenters. The third-order valence-electron chi connectivity index (χ3n) is 9.89. The molecule has 2 saturated carbocycles. The maximum Gasteiger partial charge on any atom is 0.320 e. The maximum atomic E-state index is 13.7. The number of benzene rings is 1. The molecule has 4 aliphatic rings. The van der Waals surface area contributed by atoms with Crippen LogP contribution in [-0.4, -0.2) is 106 Å². The third-order valence-corrected chi connectivity index (χ3v) is 9.89. The van der Waals surface area contributed by atoms with Crippen molar-refractivity contribution in [3.8, 4) is 0 Å². The summed E-state index contributed by atoms with van der Waals surface area (Å²) in [7, 11) is 4.34. The second kappa shape index (κ2) is 10.5. The Morgan fingerprint density at radius 1 is 1.03 bits per heavy atom. The quantitative estimate of drug-likeness (QED) is 0.587. The average molecular weight is 513 g/mol. The van der Waals surface area contributed by atoms with Gasteiger partial charge in [-0.2, -0.15) is 0 Å². The van der Waals surface area contributed by atoms with Crippen molar-refractivity contribution in [1.82, 2.24) is 19.6 Å². The number of hydrogen-bond donors (Lipinski definition) is 2. The molecular weight excluding hydrogens is 468 g/mol. The third kappa shape index (κ3) is 5.00. The number of carbonyl (C=O) groups excluding carboxylic acids is 2. The summed E-state index contributed by atoms with van der Waals surface area (Å²) < 4.78 is 0. The number of carbonyl (C=O) groups is 2. The van der Waals surface area contributed by atoms with Crippen LogP contribution >= 0.6 is 0 Å². The van der Waals surface area contributed by atoms with Gasteiger partial charge in [-0.25, -0.2) is 4.79 Å². The molecule has 8 nitrogen and oxygen atoms in total. The van der Waals surface area contributed by atoms with E-state index in [1.165, 1.54) is 24.8 Å². The van der Waals surface area contributed by atoms with Gasteiger partial charge in [0.1, 0.15) is 0 Å². The van der Waals surface area contributed by atoms with Crippen LogP contribution in [0.5, 0.6) is 0 Å². The van der Waals surface area contributed by atoms with E-state index in [-0.39, 0.29) is 36.0 Å². The number of likely N-dealkylation sites (tertiary alicyclic amines) is 1. The van der Waals surface area contributed by atoms with Crippen LogP contribution in [0.1, 0.15) is 63.4 Å². The lowest BCUT2D eigenvalue weighted by Crippen LogP contribution is -2.56. The van der Waals surface area contributed by atoms with Crippen molar-refractivity contribution in [2.75, 3.05) is 46.8 Å². The molecule has 0 radical (unpaired) electrons. The molecule has 2 N–H and O–H groups in total. The fourth-order valence-electron chi connectivity index (χ4n) is 7.10.